The zero-order chi connectivity index (χ0) is 48.9. The fourth-order valence-electron chi connectivity index (χ4n) is 10.9. The minimum atomic E-state index is -1.27. The molecule has 0 radical (unpaired) electrons. The van der Waals surface area contributed by atoms with Crippen molar-refractivity contribution in [3.05, 3.63) is 124 Å². The van der Waals surface area contributed by atoms with Gasteiger partial charge in [0.1, 0.15) is 34.6 Å². The Balaban J connectivity index is 0.000000204. The normalized spacial score (nSPS) is 18.8. The minimum Gasteiger partial charge on any atom is -0.545 e. The Morgan fingerprint density at radius 1 is 0.775 bits per heavy atom. The van der Waals surface area contributed by atoms with E-state index in [0.717, 1.165) is 77.9 Å². The van der Waals surface area contributed by atoms with Crippen molar-refractivity contribution in [2.24, 2.45) is 11.8 Å². The van der Waals surface area contributed by atoms with Gasteiger partial charge < -0.3 is 47.9 Å². The number of hydrogen-bond acceptors (Lipinski definition) is 12. The molecule has 71 heavy (non-hydrogen) atoms. The molecule has 2 unspecified atom stereocenters. The molecule has 0 aliphatic carbocycles. The summed E-state index contributed by atoms with van der Waals surface area (Å²) in [5.41, 5.74) is 6.34. The summed E-state index contributed by atoms with van der Waals surface area (Å²) in [6.07, 6.45) is 3.13. The molecule has 2 saturated heterocycles. The van der Waals surface area contributed by atoms with E-state index in [1.807, 2.05) is 100 Å². The van der Waals surface area contributed by atoms with Gasteiger partial charge in [0, 0.05) is 46.8 Å². The Morgan fingerprint density at radius 3 is 2.01 bits per heavy atom. The van der Waals surface area contributed by atoms with E-state index in [1.165, 1.54) is 6.07 Å². The van der Waals surface area contributed by atoms with Crippen LogP contribution >= 0.6 is 0 Å². The number of aryl methyl sites for hydroxylation is 3. The predicted molar refractivity (Wildman–Crippen MR) is 261 cm³/mol. The molecule has 0 spiro atoms. The van der Waals surface area contributed by atoms with Gasteiger partial charge in [0.25, 0.3) is 0 Å². The fourth-order valence-corrected chi connectivity index (χ4v) is 10.9. The Hall–Kier alpha value is -4.50. The van der Waals surface area contributed by atoms with Crippen LogP contribution in [0.2, 0.25) is 0 Å². The number of carboxylic acids is 2. The summed E-state index contributed by atoms with van der Waals surface area (Å²) >= 11 is 0. The maximum atomic E-state index is 12.4. The van der Waals surface area contributed by atoms with E-state index >= 15 is 0 Å². The number of carboxylic acid groups (broad SMARTS) is 2. The van der Waals surface area contributed by atoms with Crippen molar-refractivity contribution in [1.82, 2.24) is 9.97 Å². The van der Waals surface area contributed by atoms with Crippen molar-refractivity contribution in [3.8, 4) is 28.7 Å². The number of pyridine rings is 2. The molecule has 6 heterocycles. The summed E-state index contributed by atoms with van der Waals surface area (Å²) in [6.45, 7) is 20.2. The molecule has 3 aliphatic rings. The number of fused-ring (bicyclic) bond motifs is 4. The molecule has 2 fully saturated rings. The Kier molecular flexibility index (Phi) is 16.8. The number of aromatic carboxylic acids is 2. The first-order valence-electron chi connectivity index (χ1n) is 24.0. The standard InChI is InChI=1S/C30H35NO5.C27H27NO5.2Na/c1-17-11-12-24(34-16-19-14-29(3,4)36-30(5,6)15-19)25-21(28(32)33)13-22(31-26(17)25)27-18(2)20-9-7-8-10-23(20)35-27;1-15-8-9-23(32-17(3)18-10-12-31-13-11-18)24-20(27(29)30)14-21(28-25(15)24)26-16(2)19-6-4-5-7-22(19)33-26;;/h7-13,18-19,27H,14-16H2,1-6H3,(H,32,33);4-9,14,17-18H,10-13H2,1-3H3,(H,29,30);;/q;;2*+1/p-2/t;17-;;/m.1../s1. The molecule has 0 bridgehead atoms. The van der Waals surface area contributed by atoms with Crippen LogP contribution in [-0.4, -0.2) is 59.0 Å². The number of carbonyl (C=O) groups excluding carboxylic acids is 2. The van der Waals surface area contributed by atoms with Gasteiger partial charge in [-0.1, -0.05) is 55.5 Å². The maximum absolute atomic E-state index is 12.4. The third-order valence-electron chi connectivity index (χ3n) is 14.0. The van der Waals surface area contributed by atoms with Crippen LogP contribution in [0.5, 0.6) is 17.2 Å². The number of aromatic nitrogens is 2. The molecule has 3 atom stereocenters. The number of para-hydroxylation sites is 2. The molecule has 360 valence electrons. The summed E-state index contributed by atoms with van der Waals surface area (Å²) in [4.78, 5) is 34.4. The summed E-state index contributed by atoms with van der Waals surface area (Å²) in [5.74, 6) is 0.540. The number of carbonyl (C=O) groups is 2. The van der Waals surface area contributed by atoms with E-state index in [0.29, 0.717) is 63.0 Å². The second kappa shape index (κ2) is 21.9. The van der Waals surface area contributed by atoms with Gasteiger partial charge in [-0.05, 0) is 140 Å². The quantitative estimate of drug-likeness (QED) is 0.179. The van der Waals surface area contributed by atoms with E-state index in [-0.39, 0.29) is 105 Å². The van der Waals surface area contributed by atoms with Crippen molar-refractivity contribution in [1.29, 1.82) is 0 Å². The van der Waals surface area contributed by atoms with Crippen LogP contribution in [0.3, 0.4) is 0 Å². The monoisotopic (exact) mass is 978 g/mol. The van der Waals surface area contributed by atoms with Gasteiger partial charge in [-0.3, -0.25) is 0 Å². The average molecular weight is 979 g/mol. The third-order valence-corrected chi connectivity index (χ3v) is 14.0. The Labute approximate surface area is 459 Å². The largest absolute Gasteiger partial charge is 1.00 e. The Bertz CT molecular complexity index is 3090. The van der Waals surface area contributed by atoms with Crippen molar-refractivity contribution < 1.29 is 107 Å². The number of nitrogens with zero attached hydrogens (tertiary/aromatic N) is 2. The minimum absolute atomic E-state index is 0. The van der Waals surface area contributed by atoms with Gasteiger partial charge >= 0.3 is 59.1 Å². The van der Waals surface area contributed by atoms with Crippen LogP contribution in [0, 0.1) is 32.6 Å². The second-order valence-electron chi connectivity index (χ2n) is 20.3. The molecule has 10 rings (SSSR count). The van der Waals surface area contributed by atoms with Gasteiger partial charge in [0.05, 0.1) is 63.4 Å². The SMILES string of the molecule is Cc1c(-c2cc(C(=O)[O-])c3c(O[C@H](C)C4CCOCC4)ccc(C)c3n2)oc2ccccc12.Cc1ccc(OCC2CC(C)(C)OC(C)(C)C2)c2c(C(=O)[O-])cc(C3Oc4ccccc4C3C)nc12.[Na+].[Na+]. The van der Waals surface area contributed by atoms with Crippen LogP contribution in [0.1, 0.15) is 128 Å². The third kappa shape index (κ3) is 11.4. The van der Waals surface area contributed by atoms with E-state index in [4.69, 9.17) is 38.1 Å². The molecule has 0 N–H and O–H groups in total. The van der Waals surface area contributed by atoms with Gasteiger partial charge in [-0.25, -0.2) is 9.97 Å². The van der Waals surface area contributed by atoms with Crippen LogP contribution < -0.4 is 83.5 Å². The first kappa shape index (κ1) is 54.3. The molecule has 3 aliphatic heterocycles. The summed E-state index contributed by atoms with van der Waals surface area (Å²) < 4.78 is 36.6. The van der Waals surface area contributed by atoms with E-state index < -0.39 is 11.9 Å². The van der Waals surface area contributed by atoms with Crippen molar-refractivity contribution >= 4 is 44.7 Å². The first-order chi connectivity index (χ1) is 32.9. The summed E-state index contributed by atoms with van der Waals surface area (Å²) in [6, 6.07) is 26.2. The molecular formula is C57H60N2Na2O10. The van der Waals surface area contributed by atoms with Crippen LogP contribution in [-0.2, 0) is 9.47 Å². The molecular weight excluding hydrogens is 919 g/mol. The molecule has 4 aromatic carbocycles. The van der Waals surface area contributed by atoms with Gasteiger partial charge in [0.2, 0.25) is 0 Å². The number of benzene rings is 4. The average Bonchev–Trinajstić information content (AvgIpc) is 3.84. The number of rotatable bonds is 10. The summed E-state index contributed by atoms with van der Waals surface area (Å²) in [7, 11) is 0. The van der Waals surface area contributed by atoms with E-state index in [2.05, 4.69) is 34.6 Å². The molecule has 0 amide bonds. The van der Waals surface area contributed by atoms with Crippen LogP contribution in [0.25, 0.3) is 44.2 Å². The van der Waals surface area contributed by atoms with Gasteiger partial charge in [-0.2, -0.15) is 0 Å². The second-order valence-corrected chi connectivity index (χ2v) is 20.3. The molecule has 7 aromatic rings. The van der Waals surface area contributed by atoms with Crippen molar-refractivity contribution in [2.45, 2.75) is 117 Å². The topological polar surface area (TPSA) is 165 Å². The number of ether oxygens (including phenoxy) is 5. The van der Waals surface area contributed by atoms with Crippen molar-refractivity contribution in [3.63, 3.8) is 0 Å². The maximum Gasteiger partial charge on any atom is 1.00 e. The zero-order valence-electron chi connectivity index (χ0n) is 42.9. The molecule has 14 heteroatoms. The van der Waals surface area contributed by atoms with Gasteiger partial charge in [-0.15, -0.1) is 0 Å². The van der Waals surface area contributed by atoms with E-state index in [9.17, 15) is 19.8 Å². The molecule has 12 nitrogen and oxygen atoms in total. The van der Waals surface area contributed by atoms with Gasteiger partial charge in [0.15, 0.2) is 5.76 Å². The van der Waals surface area contributed by atoms with E-state index in [1.54, 1.807) is 6.07 Å². The zero-order valence-corrected chi connectivity index (χ0v) is 46.9. The predicted octanol–water partition coefficient (Wildman–Crippen LogP) is 4.34. The molecule has 0 saturated carbocycles. The molecule has 3 aromatic heterocycles. The van der Waals surface area contributed by atoms with Crippen molar-refractivity contribution in [2.75, 3.05) is 19.8 Å². The fraction of sp³-hybridized carbons (Fsp3) is 0.404. The Morgan fingerprint density at radius 2 is 1.37 bits per heavy atom. The summed E-state index contributed by atoms with van der Waals surface area (Å²) in [5, 5.41) is 26.6. The van der Waals surface area contributed by atoms with Crippen LogP contribution in [0.4, 0.5) is 0 Å². The first-order valence-corrected chi connectivity index (χ1v) is 24.0. The smallest absolute Gasteiger partial charge is 0.545 e. The number of furan rings is 1. The number of hydrogen-bond donors (Lipinski definition) is 0. The van der Waals surface area contributed by atoms with Crippen LogP contribution in [0.15, 0.2) is 89.3 Å².